The molecule has 180 valence electrons. The van der Waals surface area contributed by atoms with Crippen LogP contribution in [0, 0.1) is 11.8 Å². The van der Waals surface area contributed by atoms with E-state index in [9.17, 15) is 9.59 Å². The summed E-state index contributed by atoms with van der Waals surface area (Å²) in [5.41, 5.74) is 3.39. The summed E-state index contributed by atoms with van der Waals surface area (Å²) in [6, 6.07) is 8.00. The van der Waals surface area contributed by atoms with Gasteiger partial charge in [0.05, 0.1) is 25.7 Å². The molecule has 1 aromatic carbocycles. The van der Waals surface area contributed by atoms with E-state index >= 15 is 0 Å². The number of ether oxygens (including phenoxy) is 2. The highest BCUT2D eigenvalue weighted by molar-refractivity contribution is 5.97. The van der Waals surface area contributed by atoms with Gasteiger partial charge in [-0.2, -0.15) is 0 Å². The summed E-state index contributed by atoms with van der Waals surface area (Å²) in [6.07, 6.45) is 3.53. The van der Waals surface area contributed by atoms with Crippen molar-refractivity contribution in [3.8, 4) is 16.9 Å². The molecule has 3 aliphatic heterocycles. The number of carbonyl (C=O) groups excluding carboxylic acids is 2. The number of piperidine rings is 1. The maximum absolute atomic E-state index is 13.1. The molecule has 2 saturated heterocycles. The molecule has 3 atom stereocenters. The lowest BCUT2D eigenvalue weighted by atomic mass is 9.84. The maximum atomic E-state index is 13.1. The Morgan fingerprint density at radius 3 is 2.76 bits per heavy atom. The zero-order valence-electron chi connectivity index (χ0n) is 19.8. The monoisotopic (exact) mass is 464 g/mol. The summed E-state index contributed by atoms with van der Waals surface area (Å²) in [4.78, 5) is 32.4. The molecule has 2 amide bonds. The Morgan fingerprint density at radius 1 is 1.21 bits per heavy atom. The lowest BCUT2D eigenvalue weighted by Crippen LogP contribution is -2.50. The number of benzene rings is 1. The van der Waals surface area contributed by atoms with Gasteiger partial charge in [-0.15, -0.1) is 0 Å². The van der Waals surface area contributed by atoms with Gasteiger partial charge >= 0.3 is 0 Å². The molecular weight excluding hydrogens is 432 g/mol. The standard InChI is InChI=1S/C26H32N4O4/c1-16-11-17(2)29-26(32)22(16)15-28-25(31)20-12-18-5-8-34-24(18)21(13-20)19-3-4-23(27-14-19)30-6-9-33-10-7-30/h3-4,12-14,16-17,22H,5-11,15H2,1-2H3,(H,28,31)(H,29,32). The van der Waals surface area contributed by atoms with Crippen molar-refractivity contribution in [2.75, 3.05) is 44.4 Å². The first-order chi connectivity index (χ1) is 16.5. The third-order valence-corrected chi connectivity index (χ3v) is 7.06. The molecule has 5 rings (SSSR count). The highest BCUT2D eigenvalue weighted by Gasteiger charge is 2.32. The van der Waals surface area contributed by atoms with Gasteiger partial charge in [-0.3, -0.25) is 9.59 Å². The molecule has 0 spiro atoms. The summed E-state index contributed by atoms with van der Waals surface area (Å²) in [5.74, 6) is 1.60. The minimum absolute atomic E-state index is 0.0148. The van der Waals surface area contributed by atoms with Crippen molar-refractivity contribution in [2.45, 2.75) is 32.7 Å². The Bertz CT molecular complexity index is 1070. The van der Waals surface area contributed by atoms with E-state index in [0.29, 0.717) is 31.9 Å². The topological polar surface area (TPSA) is 92.8 Å². The van der Waals surface area contributed by atoms with Crippen molar-refractivity contribution in [1.82, 2.24) is 15.6 Å². The second-order valence-electron chi connectivity index (χ2n) is 9.55. The molecule has 3 unspecified atom stereocenters. The summed E-state index contributed by atoms with van der Waals surface area (Å²) in [5, 5.41) is 5.98. The van der Waals surface area contributed by atoms with E-state index < -0.39 is 0 Å². The van der Waals surface area contributed by atoms with Crippen LogP contribution in [0.1, 0.15) is 36.2 Å². The number of amides is 2. The molecular formula is C26H32N4O4. The van der Waals surface area contributed by atoms with Gasteiger partial charge in [0.15, 0.2) is 0 Å². The third kappa shape index (κ3) is 4.59. The van der Waals surface area contributed by atoms with Gasteiger partial charge in [0.1, 0.15) is 11.6 Å². The van der Waals surface area contributed by atoms with Gasteiger partial charge in [-0.05, 0) is 49.1 Å². The Morgan fingerprint density at radius 2 is 2.03 bits per heavy atom. The quantitative estimate of drug-likeness (QED) is 0.706. The first kappa shape index (κ1) is 22.7. The minimum atomic E-state index is -0.214. The summed E-state index contributed by atoms with van der Waals surface area (Å²) in [6.45, 7) is 8.10. The largest absolute Gasteiger partial charge is 0.492 e. The van der Waals surface area contributed by atoms with Crippen LogP contribution in [0.2, 0.25) is 0 Å². The molecule has 0 bridgehead atoms. The van der Waals surface area contributed by atoms with E-state index in [-0.39, 0.29) is 29.7 Å². The van der Waals surface area contributed by atoms with Crippen LogP contribution in [0.5, 0.6) is 5.75 Å². The third-order valence-electron chi connectivity index (χ3n) is 7.06. The van der Waals surface area contributed by atoms with Crippen LogP contribution in [0.3, 0.4) is 0 Å². The number of pyridine rings is 1. The van der Waals surface area contributed by atoms with Gasteiger partial charge in [-0.25, -0.2) is 4.98 Å². The van der Waals surface area contributed by atoms with Crippen LogP contribution < -0.4 is 20.3 Å². The highest BCUT2D eigenvalue weighted by Crippen LogP contribution is 2.38. The van der Waals surface area contributed by atoms with Crippen LogP contribution >= 0.6 is 0 Å². The van der Waals surface area contributed by atoms with Crippen molar-refractivity contribution in [2.24, 2.45) is 11.8 Å². The van der Waals surface area contributed by atoms with Gasteiger partial charge in [0, 0.05) is 55.0 Å². The number of anilines is 1. The number of nitrogens with zero attached hydrogens (tertiary/aromatic N) is 2. The van der Waals surface area contributed by atoms with E-state index in [1.807, 2.05) is 37.4 Å². The Hall–Kier alpha value is -3.13. The zero-order valence-corrected chi connectivity index (χ0v) is 19.8. The molecule has 4 heterocycles. The number of fused-ring (bicyclic) bond motifs is 1. The van der Waals surface area contributed by atoms with E-state index in [0.717, 1.165) is 54.2 Å². The average Bonchev–Trinajstić information content (AvgIpc) is 3.32. The number of morpholine rings is 1. The first-order valence-electron chi connectivity index (χ1n) is 12.2. The molecule has 0 aliphatic carbocycles. The number of aromatic nitrogens is 1. The molecule has 8 heteroatoms. The zero-order chi connectivity index (χ0) is 23.7. The summed E-state index contributed by atoms with van der Waals surface area (Å²) >= 11 is 0. The number of carbonyl (C=O) groups is 2. The fraction of sp³-hybridized carbons (Fsp3) is 0.500. The van der Waals surface area contributed by atoms with E-state index in [2.05, 4.69) is 27.4 Å². The SMILES string of the molecule is CC1CC(C)C(CNC(=O)c2cc3c(c(-c4ccc(N5CCOCC5)nc4)c2)OCC3)C(=O)N1. The van der Waals surface area contributed by atoms with Crippen molar-refractivity contribution in [1.29, 1.82) is 0 Å². The molecule has 0 saturated carbocycles. The van der Waals surface area contributed by atoms with E-state index in [4.69, 9.17) is 9.47 Å². The van der Waals surface area contributed by atoms with Gasteiger partial charge in [0.25, 0.3) is 5.91 Å². The normalized spacial score (nSPS) is 24.2. The van der Waals surface area contributed by atoms with E-state index in [1.165, 1.54) is 0 Å². The fourth-order valence-electron chi connectivity index (χ4n) is 5.17. The van der Waals surface area contributed by atoms with Gasteiger partial charge in [0.2, 0.25) is 5.91 Å². The number of hydrogen-bond donors (Lipinski definition) is 2. The van der Waals surface area contributed by atoms with Crippen LogP contribution in [-0.2, 0) is 16.0 Å². The predicted octanol–water partition coefficient (Wildman–Crippen LogP) is 2.41. The lowest BCUT2D eigenvalue weighted by Gasteiger charge is -2.32. The van der Waals surface area contributed by atoms with Crippen LogP contribution in [0.25, 0.3) is 11.1 Å². The number of nitrogens with one attached hydrogen (secondary N) is 2. The molecule has 2 N–H and O–H groups in total. The first-order valence-corrected chi connectivity index (χ1v) is 12.2. The predicted molar refractivity (Wildman–Crippen MR) is 129 cm³/mol. The van der Waals surface area contributed by atoms with E-state index in [1.54, 1.807) is 0 Å². The molecule has 2 fully saturated rings. The Balaban J connectivity index is 1.34. The molecule has 8 nitrogen and oxygen atoms in total. The van der Waals surface area contributed by atoms with Gasteiger partial charge in [-0.1, -0.05) is 6.92 Å². The average molecular weight is 465 g/mol. The minimum Gasteiger partial charge on any atom is -0.492 e. The Kier molecular flexibility index (Phi) is 6.41. The second-order valence-corrected chi connectivity index (χ2v) is 9.55. The maximum Gasteiger partial charge on any atom is 0.251 e. The van der Waals surface area contributed by atoms with Crippen LogP contribution in [0.15, 0.2) is 30.5 Å². The lowest BCUT2D eigenvalue weighted by molar-refractivity contribution is -0.129. The molecule has 2 aromatic rings. The van der Waals surface area contributed by atoms with Crippen molar-refractivity contribution >= 4 is 17.6 Å². The molecule has 1 aromatic heterocycles. The highest BCUT2D eigenvalue weighted by atomic mass is 16.5. The smallest absolute Gasteiger partial charge is 0.251 e. The summed E-state index contributed by atoms with van der Waals surface area (Å²) < 4.78 is 11.3. The number of hydrogen-bond acceptors (Lipinski definition) is 6. The van der Waals surface area contributed by atoms with Crippen molar-refractivity contribution in [3.05, 3.63) is 41.6 Å². The molecule has 0 radical (unpaired) electrons. The Labute approximate surface area is 200 Å². The van der Waals surface area contributed by atoms with Crippen molar-refractivity contribution < 1.29 is 19.1 Å². The van der Waals surface area contributed by atoms with Gasteiger partial charge < -0.3 is 25.0 Å². The van der Waals surface area contributed by atoms with Crippen LogP contribution in [0.4, 0.5) is 5.82 Å². The summed E-state index contributed by atoms with van der Waals surface area (Å²) in [7, 11) is 0. The molecule has 34 heavy (non-hydrogen) atoms. The van der Waals surface area contributed by atoms with Crippen LogP contribution in [-0.4, -0.2) is 62.3 Å². The van der Waals surface area contributed by atoms with Crippen molar-refractivity contribution in [3.63, 3.8) is 0 Å². The molecule has 3 aliphatic rings. The second kappa shape index (κ2) is 9.62. The fourth-order valence-corrected chi connectivity index (χ4v) is 5.17. The number of rotatable bonds is 5.